The van der Waals surface area contributed by atoms with Gasteiger partial charge in [0.05, 0.1) is 5.92 Å². The lowest BCUT2D eigenvalue weighted by atomic mass is 9.80. The Hall–Kier alpha value is -0.530. The van der Waals surface area contributed by atoms with Gasteiger partial charge in [0.25, 0.3) is 0 Å². The number of hydrogen-bond acceptors (Lipinski definition) is 1. The zero-order valence-electron chi connectivity index (χ0n) is 8.46. The number of carboxylic acids is 1. The molecule has 1 aliphatic rings. The smallest absolute Gasteiger partial charge is 0.306 e. The molecule has 1 rings (SSSR count). The van der Waals surface area contributed by atoms with Gasteiger partial charge >= 0.3 is 5.97 Å². The lowest BCUT2D eigenvalue weighted by Gasteiger charge is -2.25. The molecule has 0 bridgehead atoms. The molecule has 0 atom stereocenters. The molecule has 0 unspecified atom stereocenters. The molecule has 0 heterocycles. The van der Waals surface area contributed by atoms with Crippen molar-refractivity contribution in [3.63, 3.8) is 0 Å². The molecule has 0 aromatic heterocycles. The van der Waals surface area contributed by atoms with Gasteiger partial charge < -0.3 is 5.11 Å². The lowest BCUT2D eigenvalue weighted by Crippen LogP contribution is -2.21. The van der Waals surface area contributed by atoms with Crippen molar-refractivity contribution in [3.05, 3.63) is 0 Å². The van der Waals surface area contributed by atoms with E-state index in [0.29, 0.717) is 0 Å². The molecule has 0 saturated heterocycles. The van der Waals surface area contributed by atoms with Crippen LogP contribution in [-0.4, -0.2) is 11.1 Å². The maximum absolute atomic E-state index is 10.7. The van der Waals surface area contributed by atoms with Crippen LogP contribution in [0, 0.1) is 11.8 Å². The van der Waals surface area contributed by atoms with E-state index in [0.717, 1.165) is 31.6 Å². The van der Waals surface area contributed by atoms with E-state index < -0.39 is 5.97 Å². The molecule has 2 heteroatoms. The highest BCUT2D eigenvalue weighted by Gasteiger charge is 2.25. The Morgan fingerprint density at radius 2 is 1.92 bits per heavy atom. The van der Waals surface area contributed by atoms with Gasteiger partial charge in [-0.25, -0.2) is 0 Å². The van der Waals surface area contributed by atoms with Crippen molar-refractivity contribution in [1.29, 1.82) is 0 Å². The molecule has 0 spiro atoms. The van der Waals surface area contributed by atoms with Gasteiger partial charge in [-0.05, 0) is 31.6 Å². The van der Waals surface area contributed by atoms with Gasteiger partial charge in [0.1, 0.15) is 0 Å². The molecule has 0 aliphatic heterocycles. The minimum atomic E-state index is -0.589. The lowest BCUT2D eigenvalue weighted by molar-refractivity contribution is -0.143. The first kappa shape index (κ1) is 10.6. The molecular formula is C11H20O2. The Bertz CT molecular complexity index is 157. The summed E-state index contributed by atoms with van der Waals surface area (Å²) in [6.45, 7) is 2.21. The molecule has 1 saturated carbocycles. The Kier molecular flexibility index (Phi) is 4.26. The van der Waals surface area contributed by atoms with Crippen LogP contribution < -0.4 is 0 Å². The van der Waals surface area contributed by atoms with Gasteiger partial charge in [-0.2, -0.15) is 0 Å². The molecule has 0 aromatic carbocycles. The predicted octanol–water partition coefficient (Wildman–Crippen LogP) is 3.07. The Balaban J connectivity index is 2.18. The highest BCUT2D eigenvalue weighted by Crippen LogP contribution is 2.31. The van der Waals surface area contributed by atoms with Crippen LogP contribution in [0.4, 0.5) is 0 Å². The number of carboxylic acid groups (broad SMARTS) is 1. The summed E-state index contributed by atoms with van der Waals surface area (Å²) in [5.74, 6) is 0.183. The number of aliphatic carboxylic acids is 1. The molecule has 1 N–H and O–H groups in total. The molecular weight excluding hydrogens is 164 g/mol. The first-order valence-corrected chi connectivity index (χ1v) is 5.46. The zero-order valence-corrected chi connectivity index (χ0v) is 8.46. The fourth-order valence-corrected chi connectivity index (χ4v) is 2.19. The van der Waals surface area contributed by atoms with Crippen LogP contribution in [-0.2, 0) is 4.79 Å². The second-order valence-corrected chi connectivity index (χ2v) is 4.20. The number of hydrogen-bond donors (Lipinski definition) is 1. The van der Waals surface area contributed by atoms with E-state index in [9.17, 15) is 4.79 Å². The van der Waals surface area contributed by atoms with E-state index in [-0.39, 0.29) is 5.92 Å². The summed E-state index contributed by atoms with van der Waals surface area (Å²) in [5, 5.41) is 8.80. The number of carbonyl (C=O) groups is 1. The second-order valence-electron chi connectivity index (χ2n) is 4.20. The van der Waals surface area contributed by atoms with E-state index in [1.165, 1.54) is 19.3 Å². The van der Waals surface area contributed by atoms with Crippen LogP contribution in [0.2, 0.25) is 0 Å². The average molecular weight is 184 g/mol. The van der Waals surface area contributed by atoms with Gasteiger partial charge in [-0.1, -0.05) is 26.2 Å². The fraction of sp³-hybridized carbons (Fsp3) is 0.909. The monoisotopic (exact) mass is 184 g/mol. The van der Waals surface area contributed by atoms with Crippen molar-refractivity contribution in [2.24, 2.45) is 11.8 Å². The quantitative estimate of drug-likeness (QED) is 0.729. The van der Waals surface area contributed by atoms with Crippen molar-refractivity contribution in [2.45, 2.75) is 51.9 Å². The van der Waals surface area contributed by atoms with Crippen molar-refractivity contribution in [2.75, 3.05) is 0 Å². The molecule has 0 aromatic rings. The van der Waals surface area contributed by atoms with Crippen LogP contribution >= 0.6 is 0 Å². The molecule has 2 nitrogen and oxygen atoms in total. The van der Waals surface area contributed by atoms with E-state index in [2.05, 4.69) is 6.92 Å². The third-order valence-electron chi connectivity index (χ3n) is 3.16. The molecule has 13 heavy (non-hydrogen) atoms. The summed E-state index contributed by atoms with van der Waals surface area (Å²) in [5.41, 5.74) is 0. The van der Waals surface area contributed by atoms with Crippen molar-refractivity contribution >= 4 is 5.97 Å². The second kappa shape index (κ2) is 5.25. The molecule has 0 amide bonds. The van der Waals surface area contributed by atoms with Crippen LogP contribution in [0.1, 0.15) is 51.9 Å². The van der Waals surface area contributed by atoms with E-state index in [4.69, 9.17) is 5.11 Å². The minimum Gasteiger partial charge on any atom is -0.481 e. The van der Waals surface area contributed by atoms with Crippen molar-refractivity contribution in [3.8, 4) is 0 Å². The standard InChI is InChI=1S/C11H20O2/c1-2-3-4-9-5-7-10(8-6-9)11(12)13/h9-10H,2-8H2,1H3,(H,12,13). The van der Waals surface area contributed by atoms with Gasteiger partial charge in [0, 0.05) is 0 Å². The summed E-state index contributed by atoms with van der Waals surface area (Å²) in [4.78, 5) is 10.7. The maximum Gasteiger partial charge on any atom is 0.306 e. The predicted molar refractivity (Wildman–Crippen MR) is 52.6 cm³/mol. The Labute approximate surface area is 80.3 Å². The molecule has 1 aliphatic carbocycles. The van der Waals surface area contributed by atoms with E-state index in [1.807, 2.05) is 0 Å². The Morgan fingerprint density at radius 1 is 1.31 bits per heavy atom. The summed E-state index contributed by atoms with van der Waals surface area (Å²) in [7, 11) is 0. The maximum atomic E-state index is 10.7. The summed E-state index contributed by atoms with van der Waals surface area (Å²) >= 11 is 0. The zero-order chi connectivity index (χ0) is 9.68. The fourth-order valence-electron chi connectivity index (χ4n) is 2.19. The van der Waals surface area contributed by atoms with Crippen molar-refractivity contribution < 1.29 is 9.90 Å². The molecule has 76 valence electrons. The SMILES string of the molecule is CCCCC1CCC(C(=O)O)CC1. The molecule has 1 fully saturated rings. The number of unbranched alkanes of at least 4 members (excludes halogenated alkanes) is 1. The van der Waals surface area contributed by atoms with Crippen molar-refractivity contribution in [1.82, 2.24) is 0 Å². The van der Waals surface area contributed by atoms with Crippen LogP contribution in [0.3, 0.4) is 0 Å². The first-order valence-electron chi connectivity index (χ1n) is 5.46. The first-order chi connectivity index (χ1) is 6.24. The average Bonchev–Trinajstić information content (AvgIpc) is 2.15. The Morgan fingerprint density at radius 3 is 2.38 bits per heavy atom. The number of rotatable bonds is 4. The van der Waals surface area contributed by atoms with Crippen LogP contribution in [0.5, 0.6) is 0 Å². The largest absolute Gasteiger partial charge is 0.481 e. The third kappa shape index (κ3) is 3.37. The summed E-state index contributed by atoms with van der Waals surface area (Å²) in [6, 6.07) is 0. The summed E-state index contributed by atoms with van der Waals surface area (Å²) < 4.78 is 0. The highest BCUT2D eigenvalue weighted by atomic mass is 16.4. The topological polar surface area (TPSA) is 37.3 Å². The van der Waals surface area contributed by atoms with Crippen LogP contribution in [0.15, 0.2) is 0 Å². The normalized spacial score (nSPS) is 28.7. The van der Waals surface area contributed by atoms with Gasteiger partial charge in [-0.15, -0.1) is 0 Å². The molecule has 0 radical (unpaired) electrons. The van der Waals surface area contributed by atoms with Gasteiger partial charge in [0.2, 0.25) is 0 Å². The minimum absolute atomic E-state index is 0.0436. The van der Waals surface area contributed by atoms with Gasteiger partial charge in [0.15, 0.2) is 0 Å². The van der Waals surface area contributed by atoms with E-state index in [1.54, 1.807) is 0 Å². The summed E-state index contributed by atoms with van der Waals surface area (Å²) in [6.07, 6.45) is 7.96. The van der Waals surface area contributed by atoms with Gasteiger partial charge in [-0.3, -0.25) is 4.79 Å². The third-order valence-corrected chi connectivity index (χ3v) is 3.16. The van der Waals surface area contributed by atoms with Crippen LogP contribution in [0.25, 0.3) is 0 Å². The highest BCUT2D eigenvalue weighted by molar-refractivity contribution is 5.69. The van der Waals surface area contributed by atoms with E-state index >= 15 is 0 Å².